The summed E-state index contributed by atoms with van der Waals surface area (Å²) in [5.74, 6) is 0. The van der Waals surface area contributed by atoms with E-state index in [4.69, 9.17) is 47.0 Å². The van der Waals surface area contributed by atoms with E-state index in [0.717, 1.165) is 10.9 Å². The molecule has 2 rings (SSSR count). The standard InChI is InChI=1S/C10H5Cl3N4OS/c11-6-1-2-7(12)9(13)5(6)3-15-17-8(18)4-14-16-10(17)19/h1-4H,(H,16,19). The van der Waals surface area contributed by atoms with E-state index in [1.807, 2.05) is 0 Å². The van der Waals surface area contributed by atoms with E-state index in [9.17, 15) is 4.79 Å². The molecule has 1 N–H and O–H groups in total. The smallest absolute Gasteiger partial charge is 0.265 e. The number of halogens is 3. The predicted octanol–water partition coefficient (Wildman–Crippen LogP) is 3.14. The van der Waals surface area contributed by atoms with Gasteiger partial charge in [-0.05, 0) is 24.4 Å². The lowest BCUT2D eigenvalue weighted by molar-refractivity contribution is 0.738. The van der Waals surface area contributed by atoms with Crippen molar-refractivity contribution in [2.45, 2.75) is 0 Å². The zero-order chi connectivity index (χ0) is 14.0. The Morgan fingerprint density at radius 2 is 2.00 bits per heavy atom. The Bertz CT molecular complexity index is 740. The fraction of sp³-hybridized carbons (Fsp3) is 0. The summed E-state index contributed by atoms with van der Waals surface area (Å²) in [5, 5.41) is 10.8. The van der Waals surface area contributed by atoms with Crippen LogP contribution in [0.1, 0.15) is 5.56 Å². The number of rotatable bonds is 2. The van der Waals surface area contributed by atoms with Crippen LogP contribution in [0.25, 0.3) is 0 Å². The third kappa shape index (κ3) is 3.03. The zero-order valence-electron chi connectivity index (χ0n) is 9.10. The number of nitrogens with one attached hydrogen (secondary N) is 1. The lowest BCUT2D eigenvalue weighted by Crippen LogP contribution is -2.18. The first-order valence-corrected chi connectivity index (χ1v) is 6.39. The van der Waals surface area contributed by atoms with Gasteiger partial charge in [-0.15, -0.1) is 0 Å². The molecule has 0 amide bonds. The quantitative estimate of drug-likeness (QED) is 0.521. The molecular weight excluding hydrogens is 331 g/mol. The normalized spacial score (nSPS) is 11.1. The van der Waals surface area contributed by atoms with Crippen molar-refractivity contribution in [3.63, 3.8) is 0 Å². The molecular formula is C10H5Cl3N4OS. The second kappa shape index (κ2) is 5.83. The summed E-state index contributed by atoms with van der Waals surface area (Å²) in [5.41, 5.74) is -0.0804. The van der Waals surface area contributed by atoms with Gasteiger partial charge in [0.1, 0.15) is 6.20 Å². The minimum absolute atomic E-state index is 0.0537. The van der Waals surface area contributed by atoms with Crippen molar-refractivity contribution in [1.29, 1.82) is 0 Å². The number of nitrogens with zero attached hydrogens (tertiary/aromatic N) is 3. The van der Waals surface area contributed by atoms with Crippen molar-refractivity contribution >= 4 is 53.2 Å². The number of benzene rings is 1. The van der Waals surface area contributed by atoms with E-state index < -0.39 is 5.56 Å². The molecule has 5 nitrogen and oxygen atoms in total. The summed E-state index contributed by atoms with van der Waals surface area (Å²) >= 11 is 22.7. The van der Waals surface area contributed by atoms with Crippen molar-refractivity contribution in [2.75, 3.05) is 0 Å². The molecule has 9 heteroatoms. The Kier molecular flexibility index (Phi) is 4.36. The second-order valence-corrected chi connectivity index (χ2v) is 4.91. The largest absolute Gasteiger partial charge is 0.293 e. The minimum atomic E-state index is -0.478. The Balaban J connectivity index is 2.53. The maximum absolute atomic E-state index is 11.5. The van der Waals surface area contributed by atoms with Crippen molar-refractivity contribution in [3.8, 4) is 0 Å². The molecule has 0 fully saturated rings. The molecule has 0 aliphatic carbocycles. The van der Waals surface area contributed by atoms with Crippen LogP contribution in [0.4, 0.5) is 0 Å². The van der Waals surface area contributed by atoms with Crippen molar-refractivity contribution in [1.82, 2.24) is 14.9 Å². The number of hydrogen-bond acceptors (Lipinski definition) is 4. The molecule has 0 saturated carbocycles. The van der Waals surface area contributed by atoms with E-state index in [-0.39, 0.29) is 9.79 Å². The van der Waals surface area contributed by atoms with E-state index >= 15 is 0 Å². The average molecular weight is 336 g/mol. The van der Waals surface area contributed by atoms with Gasteiger partial charge in [0.2, 0.25) is 4.77 Å². The SMILES string of the molecule is O=c1cn[nH]c(=S)n1N=Cc1c(Cl)ccc(Cl)c1Cl. The Labute approximate surface area is 127 Å². The molecule has 0 bridgehead atoms. The van der Waals surface area contributed by atoms with Crippen molar-refractivity contribution in [2.24, 2.45) is 5.10 Å². The monoisotopic (exact) mass is 334 g/mol. The van der Waals surface area contributed by atoms with Gasteiger partial charge in [-0.3, -0.25) is 9.89 Å². The topological polar surface area (TPSA) is 63.0 Å². The number of aromatic amines is 1. The van der Waals surface area contributed by atoms with E-state index in [2.05, 4.69) is 15.3 Å². The zero-order valence-corrected chi connectivity index (χ0v) is 12.2. The number of H-pyrrole nitrogens is 1. The molecule has 2 aromatic rings. The number of aromatic nitrogens is 3. The van der Waals surface area contributed by atoms with Crippen LogP contribution < -0.4 is 5.56 Å². The van der Waals surface area contributed by atoms with Gasteiger partial charge in [-0.25, -0.2) is 0 Å². The average Bonchev–Trinajstić information content (AvgIpc) is 2.37. The summed E-state index contributed by atoms with van der Waals surface area (Å²) in [7, 11) is 0. The van der Waals surface area contributed by atoms with E-state index in [1.165, 1.54) is 6.21 Å². The third-order valence-electron chi connectivity index (χ3n) is 2.12. The third-order valence-corrected chi connectivity index (χ3v) is 3.53. The molecule has 0 unspecified atom stereocenters. The van der Waals surface area contributed by atoms with Gasteiger partial charge in [0.25, 0.3) is 5.56 Å². The molecule has 0 saturated heterocycles. The van der Waals surface area contributed by atoms with Gasteiger partial charge < -0.3 is 0 Å². The van der Waals surface area contributed by atoms with Crippen LogP contribution in [0.15, 0.2) is 28.2 Å². The van der Waals surface area contributed by atoms with Gasteiger partial charge in [0, 0.05) is 5.56 Å². The van der Waals surface area contributed by atoms with Crippen LogP contribution in [-0.2, 0) is 0 Å². The fourth-order valence-corrected chi connectivity index (χ4v) is 2.05. The molecule has 19 heavy (non-hydrogen) atoms. The lowest BCUT2D eigenvalue weighted by Gasteiger charge is -2.03. The molecule has 98 valence electrons. The van der Waals surface area contributed by atoms with Gasteiger partial charge in [-0.2, -0.15) is 14.9 Å². The van der Waals surface area contributed by atoms with E-state index in [1.54, 1.807) is 12.1 Å². The van der Waals surface area contributed by atoms with Gasteiger partial charge in [0.15, 0.2) is 0 Å². The van der Waals surface area contributed by atoms with Gasteiger partial charge in [-0.1, -0.05) is 34.8 Å². The summed E-state index contributed by atoms with van der Waals surface area (Å²) in [6.07, 6.45) is 2.36. The van der Waals surface area contributed by atoms with Crippen LogP contribution in [0, 0.1) is 4.77 Å². The summed E-state index contributed by atoms with van der Waals surface area (Å²) in [6, 6.07) is 3.14. The van der Waals surface area contributed by atoms with Crippen molar-refractivity contribution in [3.05, 3.63) is 54.1 Å². The molecule has 1 aromatic carbocycles. The Morgan fingerprint density at radius 3 is 2.68 bits per heavy atom. The van der Waals surface area contributed by atoms with Crippen LogP contribution in [0.5, 0.6) is 0 Å². The van der Waals surface area contributed by atoms with E-state index in [0.29, 0.717) is 15.6 Å². The Hall–Kier alpha value is -1.21. The highest BCUT2D eigenvalue weighted by Gasteiger charge is 2.07. The molecule has 1 aromatic heterocycles. The lowest BCUT2D eigenvalue weighted by atomic mass is 10.2. The number of hydrogen-bond donors (Lipinski definition) is 1. The first kappa shape index (κ1) is 14.2. The predicted molar refractivity (Wildman–Crippen MR) is 78.1 cm³/mol. The van der Waals surface area contributed by atoms with Crippen LogP contribution >= 0.6 is 47.0 Å². The fourth-order valence-electron chi connectivity index (χ4n) is 1.23. The molecule has 1 heterocycles. The summed E-state index contributed by atoms with van der Waals surface area (Å²) in [4.78, 5) is 11.5. The van der Waals surface area contributed by atoms with Crippen molar-refractivity contribution < 1.29 is 0 Å². The summed E-state index contributed by atoms with van der Waals surface area (Å²) < 4.78 is 1.01. The second-order valence-electron chi connectivity index (χ2n) is 3.33. The molecule has 0 spiro atoms. The molecule has 0 atom stereocenters. The highest BCUT2D eigenvalue weighted by atomic mass is 35.5. The minimum Gasteiger partial charge on any atom is -0.265 e. The van der Waals surface area contributed by atoms with Gasteiger partial charge in [0.05, 0.1) is 21.3 Å². The maximum Gasteiger partial charge on any atom is 0.293 e. The summed E-state index contributed by atoms with van der Waals surface area (Å²) in [6.45, 7) is 0. The maximum atomic E-state index is 11.5. The van der Waals surface area contributed by atoms with Gasteiger partial charge >= 0.3 is 0 Å². The highest BCUT2D eigenvalue weighted by molar-refractivity contribution is 7.71. The first-order chi connectivity index (χ1) is 9.00. The Morgan fingerprint density at radius 1 is 1.32 bits per heavy atom. The van der Waals surface area contributed by atoms with Crippen LogP contribution in [0.3, 0.4) is 0 Å². The molecule has 0 aliphatic heterocycles. The van der Waals surface area contributed by atoms with Crippen LogP contribution in [0.2, 0.25) is 15.1 Å². The van der Waals surface area contributed by atoms with Crippen LogP contribution in [-0.4, -0.2) is 21.1 Å². The molecule has 0 radical (unpaired) electrons. The molecule has 0 aliphatic rings. The highest BCUT2D eigenvalue weighted by Crippen LogP contribution is 2.29. The first-order valence-electron chi connectivity index (χ1n) is 4.85.